The molecule has 32 heavy (non-hydrogen) atoms. The maximum Gasteiger partial charge on any atom is 0.335 e. The van der Waals surface area contributed by atoms with E-state index < -0.39 is 7.60 Å². The number of rotatable bonds is 10. The zero-order chi connectivity index (χ0) is 23.0. The molecule has 0 radical (unpaired) electrons. The van der Waals surface area contributed by atoms with Crippen molar-refractivity contribution < 1.29 is 18.4 Å². The first-order valence-corrected chi connectivity index (χ1v) is 12.2. The van der Waals surface area contributed by atoms with Crippen LogP contribution in [-0.4, -0.2) is 28.9 Å². The predicted molar refractivity (Wildman–Crippen MR) is 127 cm³/mol. The van der Waals surface area contributed by atoms with E-state index in [2.05, 4.69) is 10.4 Å². The number of hydrogen-bond acceptors (Lipinski definition) is 5. The zero-order valence-electron chi connectivity index (χ0n) is 18.5. The Hall–Kier alpha value is -2.99. The fourth-order valence-corrected chi connectivity index (χ4v) is 5.02. The summed E-state index contributed by atoms with van der Waals surface area (Å²) in [6.45, 7) is 4.21. The van der Waals surface area contributed by atoms with Gasteiger partial charge >= 0.3 is 7.60 Å². The van der Waals surface area contributed by atoms with Crippen molar-refractivity contribution in [2.24, 2.45) is 7.05 Å². The zero-order valence-corrected chi connectivity index (χ0v) is 19.4. The number of benzene rings is 2. The molecule has 0 aliphatic rings. The van der Waals surface area contributed by atoms with Gasteiger partial charge in [0.2, 0.25) is 5.91 Å². The molecule has 1 amide bonds. The summed E-state index contributed by atoms with van der Waals surface area (Å²) in [6, 6.07) is 17.0. The van der Waals surface area contributed by atoms with Crippen LogP contribution >= 0.6 is 7.60 Å². The Labute approximate surface area is 188 Å². The van der Waals surface area contributed by atoms with Crippen molar-refractivity contribution in [2.45, 2.75) is 20.0 Å². The molecule has 0 aliphatic heterocycles. The highest BCUT2D eigenvalue weighted by molar-refractivity contribution is 7.53. The van der Waals surface area contributed by atoms with Gasteiger partial charge < -0.3 is 14.4 Å². The van der Waals surface area contributed by atoms with Crippen LogP contribution in [0, 0.1) is 0 Å². The Morgan fingerprint density at radius 2 is 1.72 bits per heavy atom. The third-order valence-corrected chi connectivity index (χ3v) is 6.73. The molecule has 0 bridgehead atoms. The van der Waals surface area contributed by atoms with Crippen molar-refractivity contribution in [3.8, 4) is 11.3 Å². The lowest BCUT2D eigenvalue weighted by Crippen LogP contribution is -2.07. The Bertz CT molecular complexity index is 1100. The lowest BCUT2D eigenvalue weighted by atomic mass is 10.1. The van der Waals surface area contributed by atoms with Crippen LogP contribution in [0.1, 0.15) is 25.0 Å². The lowest BCUT2D eigenvalue weighted by molar-refractivity contribution is -0.111. The Kier molecular flexibility index (Phi) is 8.17. The second kappa shape index (κ2) is 11.0. The molecule has 0 spiro atoms. The van der Waals surface area contributed by atoms with Crippen LogP contribution in [0.2, 0.25) is 0 Å². The number of aromatic nitrogens is 2. The number of anilines is 1. The van der Waals surface area contributed by atoms with Gasteiger partial charge in [0.05, 0.1) is 31.3 Å². The van der Waals surface area contributed by atoms with Crippen LogP contribution in [-0.2, 0) is 31.6 Å². The summed E-state index contributed by atoms with van der Waals surface area (Å²) in [5.74, 6) is -0.255. The number of amides is 1. The highest BCUT2D eigenvalue weighted by Gasteiger charge is 2.23. The highest BCUT2D eigenvalue weighted by Crippen LogP contribution is 2.51. The number of aryl methyl sites for hydroxylation is 1. The maximum absolute atomic E-state index is 12.7. The minimum atomic E-state index is -3.16. The fourth-order valence-electron chi connectivity index (χ4n) is 3.31. The molecule has 0 saturated heterocycles. The monoisotopic (exact) mass is 453 g/mol. The van der Waals surface area contributed by atoms with E-state index in [1.165, 1.54) is 6.08 Å². The number of nitrogens with one attached hydrogen (secondary N) is 1. The van der Waals surface area contributed by atoms with Crippen molar-refractivity contribution in [3.63, 3.8) is 0 Å². The average Bonchev–Trinajstić information content (AvgIpc) is 3.15. The average molecular weight is 453 g/mol. The quantitative estimate of drug-likeness (QED) is 0.324. The summed E-state index contributed by atoms with van der Waals surface area (Å²) in [4.78, 5) is 12.4. The molecule has 1 N–H and O–H groups in total. The van der Waals surface area contributed by atoms with Crippen molar-refractivity contribution >= 4 is 25.3 Å². The molecular weight excluding hydrogens is 425 g/mol. The first-order chi connectivity index (χ1) is 15.4. The van der Waals surface area contributed by atoms with Crippen molar-refractivity contribution in [2.75, 3.05) is 18.5 Å². The highest BCUT2D eigenvalue weighted by atomic mass is 31.2. The van der Waals surface area contributed by atoms with E-state index in [0.717, 1.165) is 22.4 Å². The SMILES string of the molecule is CCOP(=O)(Cc1ccc(NC(=O)C=Cc2cnn(C)c2-c2ccccc2)cc1)OCC. The second-order valence-corrected chi connectivity index (χ2v) is 9.12. The second-order valence-electron chi connectivity index (χ2n) is 7.06. The van der Waals surface area contributed by atoms with E-state index in [-0.39, 0.29) is 12.1 Å². The normalized spacial score (nSPS) is 11.7. The summed E-state index contributed by atoms with van der Waals surface area (Å²) in [7, 11) is -1.29. The van der Waals surface area contributed by atoms with Crippen molar-refractivity contribution in [1.29, 1.82) is 0 Å². The predicted octanol–water partition coefficient (Wildman–Crippen LogP) is 5.51. The van der Waals surface area contributed by atoms with Crippen molar-refractivity contribution in [3.05, 3.63) is 78.0 Å². The first-order valence-electron chi connectivity index (χ1n) is 10.5. The van der Waals surface area contributed by atoms with E-state index in [1.807, 2.05) is 37.4 Å². The molecule has 3 aromatic rings. The summed E-state index contributed by atoms with van der Waals surface area (Å²) < 4.78 is 25.1. The van der Waals surface area contributed by atoms with Gasteiger partial charge in [0.25, 0.3) is 0 Å². The standard InChI is InChI=1S/C24H28N3O4P/c1-4-30-32(29,31-5-2)18-19-11-14-22(15-12-19)26-23(28)16-13-21-17-25-27(3)24(21)20-9-7-6-8-10-20/h6-17H,4-5,18H2,1-3H3,(H,26,28). The van der Waals surface area contributed by atoms with Gasteiger partial charge in [0.1, 0.15) is 0 Å². The van der Waals surface area contributed by atoms with E-state index in [9.17, 15) is 9.36 Å². The molecule has 8 heteroatoms. The molecule has 3 rings (SSSR count). The molecular formula is C24H28N3O4P. The molecule has 7 nitrogen and oxygen atoms in total. The number of hydrogen-bond donors (Lipinski definition) is 1. The number of carbonyl (C=O) groups excluding carboxylic acids is 1. The Balaban J connectivity index is 1.65. The molecule has 0 unspecified atom stereocenters. The molecule has 168 valence electrons. The number of nitrogens with zero attached hydrogens (tertiary/aromatic N) is 2. The third kappa shape index (κ3) is 6.26. The van der Waals surface area contributed by atoms with E-state index in [4.69, 9.17) is 9.05 Å². The summed E-state index contributed by atoms with van der Waals surface area (Å²) in [5.41, 5.74) is 4.27. The van der Waals surface area contributed by atoms with Crippen LogP contribution < -0.4 is 5.32 Å². The van der Waals surface area contributed by atoms with Gasteiger partial charge in [-0.3, -0.25) is 14.0 Å². The maximum atomic E-state index is 12.7. The van der Waals surface area contributed by atoms with Gasteiger partial charge in [0, 0.05) is 29.9 Å². The van der Waals surface area contributed by atoms with Crippen LogP contribution in [0.5, 0.6) is 0 Å². The lowest BCUT2D eigenvalue weighted by Gasteiger charge is -2.17. The van der Waals surface area contributed by atoms with Gasteiger partial charge in [0.15, 0.2) is 0 Å². The molecule has 2 aromatic carbocycles. The van der Waals surface area contributed by atoms with Crippen LogP contribution in [0.15, 0.2) is 66.9 Å². The Morgan fingerprint density at radius 1 is 1.06 bits per heavy atom. The van der Waals surface area contributed by atoms with Crippen molar-refractivity contribution in [1.82, 2.24) is 9.78 Å². The topological polar surface area (TPSA) is 82.5 Å². The summed E-state index contributed by atoms with van der Waals surface area (Å²) in [6.07, 6.45) is 5.15. The largest absolute Gasteiger partial charge is 0.335 e. The summed E-state index contributed by atoms with van der Waals surface area (Å²) >= 11 is 0. The molecule has 1 aromatic heterocycles. The molecule has 0 fully saturated rings. The van der Waals surface area contributed by atoms with Gasteiger partial charge in [-0.25, -0.2) is 0 Å². The summed E-state index contributed by atoms with van der Waals surface area (Å²) in [5, 5.41) is 7.14. The van der Waals surface area contributed by atoms with Crippen LogP contribution in [0.4, 0.5) is 5.69 Å². The fraction of sp³-hybridized carbons (Fsp3) is 0.250. The molecule has 0 atom stereocenters. The van der Waals surface area contributed by atoms with E-state index in [0.29, 0.717) is 18.9 Å². The van der Waals surface area contributed by atoms with Gasteiger partial charge in [-0.05, 0) is 37.6 Å². The molecule has 0 aliphatic carbocycles. The smallest absolute Gasteiger partial charge is 0.323 e. The van der Waals surface area contributed by atoms with Gasteiger partial charge in [-0.2, -0.15) is 5.10 Å². The van der Waals surface area contributed by atoms with Crippen LogP contribution in [0.25, 0.3) is 17.3 Å². The van der Waals surface area contributed by atoms with Crippen LogP contribution in [0.3, 0.4) is 0 Å². The van der Waals surface area contributed by atoms with E-state index in [1.54, 1.807) is 55.1 Å². The first kappa shape index (κ1) is 23.7. The molecule has 0 saturated carbocycles. The number of carbonyl (C=O) groups is 1. The Morgan fingerprint density at radius 3 is 2.34 bits per heavy atom. The minimum Gasteiger partial charge on any atom is -0.323 e. The van der Waals surface area contributed by atoms with E-state index >= 15 is 0 Å². The van der Waals surface area contributed by atoms with Gasteiger partial charge in [-0.1, -0.05) is 42.5 Å². The molecule has 1 heterocycles. The minimum absolute atomic E-state index is 0.187. The third-order valence-electron chi connectivity index (χ3n) is 4.68. The van der Waals surface area contributed by atoms with Gasteiger partial charge in [-0.15, -0.1) is 0 Å².